The van der Waals surface area contributed by atoms with E-state index in [1.54, 1.807) is 31.2 Å². The van der Waals surface area contributed by atoms with Crippen LogP contribution in [0.15, 0.2) is 51.9 Å². The van der Waals surface area contributed by atoms with E-state index in [2.05, 4.69) is 9.88 Å². The van der Waals surface area contributed by atoms with Crippen molar-refractivity contribution < 1.29 is 36.7 Å². The minimum atomic E-state index is -4.09. The topological polar surface area (TPSA) is 126 Å². The molecule has 1 aliphatic rings. The van der Waals surface area contributed by atoms with E-state index in [0.29, 0.717) is 17.1 Å². The number of aromatic nitrogens is 1. The molecule has 0 amide bonds. The summed E-state index contributed by atoms with van der Waals surface area (Å²) in [5.74, 6) is 0.413. The summed E-state index contributed by atoms with van der Waals surface area (Å²) in [6.07, 6.45) is 0. The molecule has 0 bridgehead atoms. The zero-order valence-electron chi connectivity index (χ0n) is 16.6. The van der Waals surface area contributed by atoms with Crippen LogP contribution >= 0.6 is 0 Å². The molecular formula is C20H18N2O8S. The van der Waals surface area contributed by atoms with Crippen molar-refractivity contribution in [2.75, 3.05) is 25.2 Å². The van der Waals surface area contributed by atoms with Crippen molar-refractivity contribution in [3.63, 3.8) is 0 Å². The highest BCUT2D eigenvalue weighted by Crippen LogP contribution is 2.40. The number of para-hydroxylation sites is 1. The van der Waals surface area contributed by atoms with Crippen LogP contribution in [-0.4, -0.2) is 40.1 Å². The Morgan fingerprint density at radius 1 is 1.19 bits per heavy atom. The normalized spacial score (nSPS) is 12.5. The van der Waals surface area contributed by atoms with Crippen LogP contribution in [0.2, 0.25) is 0 Å². The van der Waals surface area contributed by atoms with Gasteiger partial charge in [0.25, 0.3) is 10.0 Å². The number of carbonyl (C=O) groups excluding carboxylic acids is 1. The van der Waals surface area contributed by atoms with Crippen molar-refractivity contribution in [1.82, 2.24) is 5.16 Å². The Hall–Kier alpha value is -3.73. The number of nitrogens with one attached hydrogen (secondary N) is 1. The minimum Gasteiger partial charge on any atom is -0.495 e. The number of methoxy groups -OCH3 is 1. The first-order valence-corrected chi connectivity index (χ1v) is 10.6. The zero-order valence-corrected chi connectivity index (χ0v) is 17.4. The van der Waals surface area contributed by atoms with Gasteiger partial charge in [-0.3, -0.25) is 4.72 Å². The maximum atomic E-state index is 13.2. The second kappa shape index (κ2) is 8.19. The molecule has 0 radical (unpaired) electrons. The number of esters is 1. The number of ether oxygens (including phenoxy) is 4. The first-order valence-electron chi connectivity index (χ1n) is 9.16. The monoisotopic (exact) mass is 446 g/mol. The SMILES string of the molecule is CCOC(=O)c1cc(-c2ccc(OC)c(S(=O)(=O)Nc3cccc4c3OCO4)c2)on1. The molecule has 1 N–H and O–H groups in total. The molecule has 0 fully saturated rings. The van der Waals surface area contributed by atoms with Crippen molar-refractivity contribution in [3.8, 4) is 28.6 Å². The van der Waals surface area contributed by atoms with Crippen molar-refractivity contribution in [1.29, 1.82) is 0 Å². The number of benzene rings is 2. The summed E-state index contributed by atoms with van der Waals surface area (Å²) in [6.45, 7) is 1.86. The van der Waals surface area contributed by atoms with Crippen molar-refractivity contribution >= 4 is 21.7 Å². The van der Waals surface area contributed by atoms with Gasteiger partial charge in [0.1, 0.15) is 10.6 Å². The lowest BCUT2D eigenvalue weighted by atomic mass is 10.1. The van der Waals surface area contributed by atoms with Crippen LogP contribution in [0.25, 0.3) is 11.3 Å². The minimum absolute atomic E-state index is 0.00116. The summed E-state index contributed by atoms with van der Waals surface area (Å²) < 4.78 is 54.8. The number of fused-ring (bicyclic) bond motifs is 1. The smallest absolute Gasteiger partial charge is 0.360 e. The molecule has 10 nitrogen and oxygen atoms in total. The fourth-order valence-corrected chi connectivity index (χ4v) is 4.22. The van der Waals surface area contributed by atoms with Gasteiger partial charge in [-0.1, -0.05) is 11.2 Å². The largest absolute Gasteiger partial charge is 0.495 e. The predicted molar refractivity (Wildman–Crippen MR) is 108 cm³/mol. The zero-order chi connectivity index (χ0) is 22.0. The summed E-state index contributed by atoms with van der Waals surface area (Å²) in [6, 6.07) is 10.7. The Morgan fingerprint density at radius 3 is 2.81 bits per heavy atom. The number of nitrogens with zero attached hydrogens (tertiary/aromatic N) is 1. The van der Waals surface area contributed by atoms with Gasteiger partial charge in [0.2, 0.25) is 6.79 Å². The standard InChI is InChI=1S/C20H18N2O8S/c1-3-27-20(23)14-10-17(30-21-14)12-7-8-15(26-2)18(9-12)31(24,25)22-13-5-4-6-16-19(13)29-11-28-16/h4-10,22H,3,11H2,1-2H3. The third kappa shape index (κ3) is 3.99. The van der Waals surface area contributed by atoms with Crippen LogP contribution in [0.5, 0.6) is 17.2 Å². The summed E-state index contributed by atoms with van der Waals surface area (Å²) in [7, 11) is -2.73. The van der Waals surface area contributed by atoms with E-state index < -0.39 is 16.0 Å². The first-order chi connectivity index (χ1) is 14.9. The Bertz CT molecular complexity index is 1240. The van der Waals surface area contributed by atoms with Gasteiger partial charge in [0, 0.05) is 11.6 Å². The molecule has 162 valence electrons. The fraction of sp³-hybridized carbons (Fsp3) is 0.200. The molecule has 0 spiro atoms. The van der Waals surface area contributed by atoms with E-state index in [0.717, 1.165) is 0 Å². The molecule has 4 rings (SSSR count). The van der Waals surface area contributed by atoms with Crippen LogP contribution in [0, 0.1) is 0 Å². The molecule has 2 heterocycles. The number of rotatable bonds is 7. The van der Waals surface area contributed by atoms with Gasteiger partial charge in [-0.2, -0.15) is 0 Å². The van der Waals surface area contributed by atoms with Crippen molar-refractivity contribution in [2.24, 2.45) is 0 Å². The van der Waals surface area contributed by atoms with Gasteiger partial charge in [-0.15, -0.1) is 0 Å². The Kier molecular flexibility index (Phi) is 5.42. The highest BCUT2D eigenvalue weighted by Gasteiger charge is 2.26. The molecule has 0 aliphatic carbocycles. The second-order valence-corrected chi connectivity index (χ2v) is 7.96. The van der Waals surface area contributed by atoms with Gasteiger partial charge in [-0.25, -0.2) is 13.2 Å². The highest BCUT2D eigenvalue weighted by atomic mass is 32.2. The molecule has 0 saturated heterocycles. The lowest BCUT2D eigenvalue weighted by molar-refractivity contribution is 0.0514. The summed E-state index contributed by atoms with van der Waals surface area (Å²) in [5.41, 5.74) is 0.584. The summed E-state index contributed by atoms with van der Waals surface area (Å²) in [4.78, 5) is 11.7. The van der Waals surface area contributed by atoms with Crippen LogP contribution < -0.4 is 18.9 Å². The number of hydrogen-bond acceptors (Lipinski definition) is 9. The molecule has 11 heteroatoms. The molecule has 1 aliphatic heterocycles. The Morgan fingerprint density at radius 2 is 2.03 bits per heavy atom. The van der Waals surface area contributed by atoms with Gasteiger partial charge in [-0.05, 0) is 37.3 Å². The van der Waals surface area contributed by atoms with Crippen LogP contribution in [-0.2, 0) is 14.8 Å². The van der Waals surface area contributed by atoms with Crippen LogP contribution in [0.1, 0.15) is 17.4 Å². The van der Waals surface area contributed by atoms with Crippen molar-refractivity contribution in [2.45, 2.75) is 11.8 Å². The number of sulfonamides is 1. The van der Waals surface area contributed by atoms with E-state index in [1.807, 2.05) is 0 Å². The van der Waals surface area contributed by atoms with E-state index in [-0.39, 0.29) is 41.2 Å². The summed E-state index contributed by atoms with van der Waals surface area (Å²) in [5, 5.41) is 3.68. The van der Waals surface area contributed by atoms with E-state index in [4.69, 9.17) is 23.5 Å². The maximum Gasteiger partial charge on any atom is 0.360 e. The van der Waals surface area contributed by atoms with Crippen molar-refractivity contribution in [3.05, 3.63) is 48.2 Å². The molecule has 1 aromatic heterocycles. The summed E-state index contributed by atoms with van der Waals surface area (Å²) >= 11 is 0. The molecule has 0 unspecified atom stereocenters. The van der Waals surface area contributed by atoms with Gasteiger partial charge in [0.05, 0.1) is 19.4 Å². The number of anilines is 1. The molecule has 3 aromatic rings. The second-order valence-electron chi connectivity index (χ2n) is 6.31. The van der Waals surface area contributed by atoms with E-state index in [1.165, 1.54) is 25.3 Å². The third-order valence-corrected chi connectivity index (χ3v) is 5.76. The van der Waals surface area contributed by atoms with E-state index in [9.17, 15) is 13.2 Å². The molecule has 0 saturated carbocycles. The molecular weight excluding hydrogens is 428 g/mol. The average Bonchev–Trinajstić information content (AvgIpc) is 3.44. The molecule has 2 aromatic carbocycles. The van der Waals surface area contributed by atoms with Gasteiger partial charge >= 0.3 is 5.97 Å². The lowest BCUT2D eigenvalue weighted by Crippen LogP contribution is -2.14. The maximum absolute atomic E-state index is 13.2. The predicted octanol–water partition coefficient (Wildman–Crippen LogP) is 3.06. The van der Waals surface area contributed by atoms with Gasteiger partial charge < -0.3 is 23.5 Å². The van der Waals surface area contributed by atoms with Crippen LogP contribution in [0.4, 0.5) is 5.69 Å². The number of carbonyl (C=O) groups is 1. The Balaban J connectivity index is 1.69. The third-order valence-electron chi connectivity index (χ3n) is 4.37. The molecule has 31 heavy (non-hydrogen) atoms. The number of hydrogen-bond donors (Lipinski definition) is 1. The molecule has 0 atom stereocenters. The van der Waals surface area contributed by atoms with Gasteiger partial charge in [0.15, 0.2) is 23.0 Å². The quantitative estimate of drug-likeness (QED) is 0.545. The fourth-order valence-electron chi connectivity index (χ4n) is 2.96. The average molecular weight is 446 g/mol. The first kappa shape index (κ1) is 20.5. The van der Waals surface area contributed by atoms with E-state index >= 15 is 0 Å². The van der Waals surface area contributed by atoms with Crippen LogP contribution in [0.3, 0.4) is 0 Å². The highest BCUT2D eigenvalue weighted by molar-refractivity contribution is 7.92. The Labute approximate surface area is 177 Å². The lowest BCUT2D eigenvalue weighted by Gasteiger charge is -2.13.